The Morgan fingerprint density at radius 2 is 1.82 bits per heavy atom. The molecule has 0 saturated carbocycles. The first-order valence-electron chi connectivity index (χ1n) is 6.80. The van der Waals surface area contributed by atoms with Crippen molar-refractivity contribution < 1.29 is 13.2 Å². The lowest BCUT2D eigenvalue weighted by molar-refractivity contribution is -0.115. The molecule has 0 fully saturated rings. The molecule has 0 saturated heterocycles. The lowest BCUT2D eigenvalue weighted by Crippen LogP contribution is -2.19. The maximum absolute atomic E-state index is 12.1. The number of carbonyl (C=O) groups is 1. The maximum Gasteiger partial charge on any atom is 0.240 e. The fraction of sp³-hybridized carbons (Fsp3) is 0.188. The predicted molar refractivity (Wildman–Crippen MR) is 86.2 cm³/mol. The fourth-order valence-electron chi connectivity index (χ4n) is 2.05. The van der Waals surface area contributed by atoms with Crippen LogP contribution in [0.15, 0.2) is 53.4 Å². The molecule has 0 unspecified atom stereocenters. The molecule has 0 aromatic heterocycles. The van der Waals surface area contributed by atoms with Gasteiger partial charge in [0.2, 0.25) is 15.9 Å². The second-order valence-electron chi connectivity index (χ2n) is 4.89. The molecule has 1 amide bonds. The molecule has 0 radical (unpaired) electrons. The van der Waals surface area contributed by atoms with Gasteiger partial charge in [-0.15, -0.1) is 0 Å². The number of rotatable bonds is 5. The smallest absolute Gasteiger partial charge is 0.240 e. The van der Waals surface area contributed by atoms with Crippen molar-refractivity contribution in [3.63, 3.8) is 0 Å². The Kier molecular flexibility index (Phi) is 4.95. The van der Waals surface area contributed by atoms with Gasteiger partial charge in [-0.25, -0.2) is 13.1 Å². The summed E-state index contributed by atoms with van der Waals surface area (Å²) in [5.74, 6) is -0.187. The van der Waals surface area contributed by atoms with Crippen molar-refractivity contribution in [2.45, 2.75) is 18.2 Å². The van der Waals surface area contributed by atoms with Crippen LogP contribution in [0.4, 0.5) is 5.69 Å². The molecular formula is C16H18N2O3S. The Hall–Kier alpha value is -2.18. The highest BCUT2D eigenvalue weighted by atomic mass is 32.2. The van der Waals surface area contributed by atoms with Gasteiger partial charge in [-0.3, -0.25) is 4.79 Å². The summed E-state index contributed by atoms with van der Waals surface area (Å²) in [4.78, 5) is 12.2. The summed E-state index contributed by atoms with van der Waals surface area (Å²) in [6.07, 6.45) is 0.246. The minimum atomic E-state index is -3.52. The average Bonchev–Trinajstić information content (AvgIpc) is 2.50. The van der Waals surface area contributed by atoms with E-state index in [1.807, 2.05) is 31.2 Å². The zero-order chi connectivity index (χ0) is 16.2. The fourth-order valence-corrected chi connectivity index (χ4v) is 2.82. The van der Waals surface area contributed by atoms with Gasteiger partial charge in [0, 0.05) is 5.69 Å². The van der Waals surface area contributed by atoms with Gasteiger partial charge in [0.15, 0.2) is 0 Å². The molecule has 0 aliphatic rings. The third-order valence-corrected chi connectivity index (χ3v) is 4.72. The third kappa shape index (κ3) is 3.93. The van der Waals surface area contributed by atoms with Crippen molar-refractivity contribution in [3.05, 3.63) is 59.7 Å². The Labute approximate surface area is 130 Å². The van der Waals surface area contributed by atoms with E-state index in [1.165, 1.54) is 19.2 Å². The average molecular weight is 318 g/mol. The topological polar surface area (TPSA) is 75.3 Å². The van der Waals surface area contributed by atoms with Crippen molar-refractivity contribution in [2.24, 2.45) is 0 Å². The molecule has 22 heavy (non-hydrogen) atoms. The van der Waals surface area contributed by atoms with Crippen molar-refractivity contribution in [1.82, 2.24) is 4.72 Å². The van der Waals surface area contributed by atoms with Crippen molar-refractivity contribution in [1.29, 1.82) is 0 Å². The summed E-state index contributed by atoms with van der Waals surface area (Å²) in [5.41, 5.74) is 2.44. The number of hydrogen-bond acceptors (Lipinski definition) is 3. The molecule has 0 bridgehead atoms. The maximum atomic E-state index is 12.1. The molecule has 2 aromatic rings. The molecule has 116 valence electrons. The molecule has 2 aromatic carbocycles. The predicted octanol–water partition coefficient (Wildman–Crippen LogP) is 2.08. The van der Waals surface area contributed by atoms with Crippen LogP contribution in [-0.2, 0) is 21.2 Å². The Morgan fingerprint density at radius 3 is 2.50 bits per heavy atom. The summed E-state index contributed by atoms with van der Waals surface area (Å²) < 4.78 is 25.7. The molecule has 0 heterocycles. The summed E-state index contributed by atoms with van der Waals surface area (Å²) in [6, 6.07) is 13.8. The first kappa shape index (κ1) is 16.2. The van der Waals surface area contributed by atoms with Gasteiger partial charge in [0.25, 0.3) is 0 Å². The van der Waals surface area contributed by atoms with Crippen molar-refractivity contribution in [3.8, 4) is 0 Å². The summed E-state index contributed by atoms with van der Waals surface area (Å²) in [6.45, 7) is 1.95. The lowest BCUT2D eigenvalue weighted by Gasteiger charge is -2.09. The highest BCUT2D eigenvalue weighted by Crippen LogP contribution is 2.16. The molecule has 0 aliphatic carbocycles. The highest BCUT2D eigenvalue weighted by molar-refractivity contribution is 7.89. The molecule has 2 N–H and O–H groups in total. The molecule has 2 rings (SSSR count). The SMILES string of the molecule is CNS(=O)(=O)c1cccc(NC(=O)Cc2ccccc2C)c1. The van der Waals surface area contributed by atoms with Crippen LogP contribution in [0.5, 0.6) is 0 Å². The minimum Gasteiger partial charge on any atom is -0.326 e. The molecule has 5 nitrogen and oxygen atoms in total. The Balaban J connectivity index is 2.13. The van der Waals surface area contributed by atoms with Crippen LogP contribution in [0.1, 0.15) is 11.1 Å². The van der Waals surface area contributed by atoms with E-state index in [4.69, 9.17) is 0 Å². The lowest BCUT2D eigenvalue weighted by atomic mass is 10.1. The minimum absolute atomic E-state index is 0.115. The van der Waals surface area contributed by atoms with Gasteiger partial charge in [-0.05, 0) is 43.3 Å². The van der Waals surface area contributed by atoms with Crippen LogP contribution < -0.4 is 10.0 Å². The first-order chi connectivity index (χ1) is 10.4. The number of hydrogen-bond donors (Lipinski definition) is 2. The third-order valence-electron chi connectivity index (χ3n) is 3.31. The number of anilines is 1. The highest BCUT2D eigenvalue weighted by Gasteiger charge is 2.12. The second kappa shape index (κ2) is 6.72. The van der Waals surface area contributed by atoms with E-state index < -0.39 is 10.0 Å². The van der Waals surface area contributed by atoms with Gasteiger partial charge in [-0.1, -0.05) is 30.3 Å². The van der Waals surface area contributed by atoms with Gasteiger partial charge in [0.1, 0.15) is 0 Å². The molecular weight excluding hydrogens is 300 g/mol. The zero-order valence-electron chi connectivity index (χ0n) is 12.5. The number of carbonyl (C=O) groups excluding carboxylic acids is 1. The van der Waals surface area contributed by atoms with Crippen LogP contribution >= 0.6 is 0 Å². The van der Waals surface area contributed by atoms with Crippen LogP contribution in [0.3, 0.4) is 0 Å². The van der Waals surface area contributed by atoms with Crippen LogP contribution in [-0.4, -0.2) is 21.4 Å². The number of nitrogens with one attached hydrogen (secondary N) is 2. The number of benzene rings is 2. The zero-order valence-corrected chi connectivity index (χ0v) is 13.3. The van der Waals surface area contributed by atoms with Gasteiger partial charge in [0.05, 0.1) is 11.3 Å². The number of sulfonamides is 1. The van der Waals surface area contributed by atoms with E-state index >= 15 is 0 Å². The van der Waals surface area contributed by atoms with E-state index in [9.17, 15) is 13.2 Å². The largest absolute Gasteiger partial charge is 0.326 e. The van der Waals surface area contributed by atoms with Crippen LogP contribution in [0.25, 0.3) is 0 Å². The van der Waals surface area contributed by atoms with E-state index in [2.05, 4.69) is 10.0 Å². The van der Waals surface area contributed by atoms with E-state index in [0.29, 0.717) is 5.69 Å². The van der Waals surface area contributed by atoms with Crippen LogP contribution in [0.2, 0.25) is 0 Å². The first-order valence-corrected chi connectivity index (χ1v) is 8.28. The molecule has 0 spiro atoms. The monoisotopic (exact) mass is 318 g/mol. The van der Waals surface area contributed by atoms with Gasteiger partial charge < -0.3 is 5.32 Å². The molecule has 0 aliphatic heterocycles. The Morgan fingerprint density at radius 1 is 1.09 bits per heavy atom. The van der Waals surface area contributed by atoms with Gasteiger partial charge in [-0.2, -0.15) is 0 Å². The van der Waals surface area contributed by atoms with E-state index in [1.54, 1.807) is 12.1 Å². The van der Waals surface area contributed by atoms with Crippen LogP contribution in [0, 0.1) is 6.92 Å². The quantitative estimate of drug-likeness (QED) is 0.886. The van der Waals surface area contributed by atoms with Crippen molar-refractivity contribution >= 4 is 21.6 Å². The summed E-state index contributed by atoms with van der Waals surface area (Å²) >= 11 is 0. The van der Waals surface area contributed by atoms with Gasteiger partial charge >= 0.3 is 0 Å². The van der Waals surface area contributed by atoms with E-state index in [0.717, 1.165) is 11.1 Å². The number of amides is 1. The molecule has 6 heteroatoms. The second-order valence-corrected chi connectivity index (χ2v) is 6.77. The van der Waals surface area contributed by atoms with E-state index in [-0.39, 0.29) is 17.2 Å². The summed E-state index contributed by atoms with van der Waals surface area (Å²) in [5, 5.41) is 2.72. The number of aryl methyl sites for hydroxylation is 1. The standard InChI is InChI=1S/C16H18N2O3S/c1-12-6-3-4-7-13(12)10-16(19)18-14-8-5-9-15(11-14)22(20,21)17-2/h3-9,11,17H,10H2,1-2H3,(H,18,19). The van der Waals surface area contributed by atoms with Crippen molar-refractivity contribution in [2.75, 3.05) is 12.4 Å². The molecule has 0 atom stereocenters. The Bertz CT molecular complexity index is 785. The summed E-state index contributed by atoms with van der Waals surface area (Å²) in [7, 11) is -2.18. The normalized spacial score (nSPS) is 11.2.